The van der Waals surface area contributed by atoms with Gasteiger partial charge in [0.25, 0.3) is 0 Å². The van der Waals surface area contributed by atoms with Crippen molar-refractivity contribution < 1.29 is 19.0 Å². The fourth-order valence-electron chi connectivity index (χ4n) is 3.68. The molecular formula is C24H30N4O4. The molecule has 0 saturated heterocycles. The van der Waals surface area contributed by atoms with Gasteiger partial charge in [0.15, 0.2) is 11.5 Å². The fraction of sp³-hybridized carbons (Fsp3) is 0.458. The highest BCUT2D eigenvalue weighted by Gasteiger charge is 2.24. The van der Waals surface area contributed by atoms with Crippen LogP contribution in [0.15, 0.2) is 36.7 Å². The van der Waals surface area contributed by atoms with Crippen molar-refractivity contribution in [3.05, 3.63) is 47.9 Å². The number of nitrogens with zero attached hydrogens (tertiary/aromatic N) is 3. The van der Waals surface area contributed by atoms with Gasteiger partial charge in [-0.15, -0.1) is 0 Å². The minimum absolute atomic E-state index is 0.282. The van der Waals surface area contributed by atoms with Crippen molar-refractivity contribution in [3.8, 4) is 11.5 Å². The quantitative estimate of drug-likeness (QED) is 0.757. The third-order valence-corrected chi connectivity index (χ3v) is 5.21. The van der Waals surface area contributed by atoms with Crippen molar-refractivity contribution in [2.45, 2.75) is 39.2 Å². The lowest BCUT2D eigenvalue weighted by Gasteiger charge is -2.29. The Balaban J connectivity index is 1.34. The van der Waals surface area contributed by atoms with E-state index in [9.17, 15) is 4.79 Å². The predicted octanol–water partition coefficient (Wildman–Crippen LogP) is 3.93. The third-order valence-electron chi connectivity index (χ3n) is 5.21. The van der Waals surface area contributed by atoms with E-state index < -0.39 is 5.60 Å². The average molecular weight is 439 g/mol. The minimum Gasteiger partial charge on any atom is -0.486 e. The smallest absolute Gasteiger partial charge is 0.410 e. The van der Waals surface area contributed by atoms with Crippen LogP contribution in [0.2, 0.25) is 0 Å². The molecule has 2 aliphatic heterocycles. The van der Waals surface area contributed by atoms with Crippen LogP contribution < -0.4 is 14.8 Å². The first kappa shape index (κ1) is 21.9. The van der Waals surface area contributed by atoms with E-state index in [0.717, 1.165) is 47.0 Å². The molecule has 0 fully saturated rings. The largest absolute Gasteiger partial charge is 0.486 e. The van der Waals surface area contributed by atoms with Gasteiger partial charge in [-0.3, -0.25) is 0 Å². The molecule has 0 spiro atoms. The van der Waals surface area contributed by atoms with Crippen LogP contribution >= 0.6 is 0 Å². The van der Waals surface area contributed by atoms with Crippen LogP contribution in [-0.4, -0.2) is 59.4 Å². The van der Waals surface area contributed by atoms with Gasteiger partial charge in [0.1, 0.15) is 31.0 Å². The first-order chi connectivity index (χ1) is 15.4. The number of benzene rings is 1. The molecule has 1 aromatic carbocycles. The van der Waals surface area contributed by atoms with Gasteiger partial charge in [0.05, 0.1) is 5.69 Å². The third kappa shape index (κ3) is 5.49. The van der Waals surface area contributed by atoms with E-state index in [-0.39, 0.29) is 6.09 Å². The summed E-state index contributed by atoms with van der Waals surface area (Å²) in [5, 5.41) is 3.37. The molecule has 170 valence electrons. The van der Waals surface area contributed by atoms with Crippen molar-refractivity contribution in [1.82, 2.24) is 14.9 Å². The second-order valence-electron chi connectivity index (χ2n) is 8.81. The second-order valence-corrected chi connectivity index (χ2v) is 8.81. The lowest BCUT2D eigenvalue weighted by molar-refractivity contribution is 0.0270. The van der Waals surface area contributed by atoms with Crippen molar-refractivity contribution in [3.63, 3.8) is 0 Å². The van der Waals surface area contributed by atoms with Crippen molar-refractivity contribution in [1.29, 1.82) is 0 Å². The molecule has 2 aliphatic rings. The standard InChI is InChI=1S/C24H30N4O4/c1-24(2,3)32-23(29)28-11-8-17(9-12-28)19-15-21(27-16-26-19)25-10-7-18-5-4-6-20-22(18)31-14-13-30-20/h4-6,8,15-16H,7,9-14H2,1-3H3,(H,25,26,27). The van der Waals surface area contributed by atoms with E-state index in [4.69, 9.17) is 14.2 Å². The molecule has 0 atom stereocenters. The number of anilines is 1. The molecule has 32 heavy (non-hydrogen) atoms. The maximum Gasteiger partial charge on any atom is 0.410 e. The summed E-state index contributed by atoms with van der Waals surface area (Å²) in [6.45, 7) is 8.61. The molecular weight excluding hydrogens is 408 g/mol. The summed E-state index contributed by atoms with van der Waals surface area (Å²) in [5.74, 6) is 2.42. The van der Waals surface area contributed by atoms with Gasteiger partial charge in [0, 0.05) is 25.7 Å². The van der Waals surface area contributed by atoms with Crippen LogP contribution in [0, 0.1) is 0 Å². The van der Waals surface area contributed by atoms with E-state index >= 15 is 0 Å². The summed E-state index contributed by atoms with van der Waals surface area (Å²) in [7, 11) is 0. The van der Waals surface area contributed by atoms with Crippen LogP contribution in [0.5, 0.6) is 11.5 Å². The SMILES string of the molecule is CC(C)(C)OC(=O)N1CC=C(c2cc(NCCc3cccc4c3OCCO4)ncn2)CC1. The van der Waals surface area contributed by atoms with E-state index in [2.05, 4.69) is 21.4 Å². The first-order valence-corrected chi connectivity index (χ1v) is 11.0. The van der Waals surface area contributed by atoms with Crippen LogP contribution in [0.3, 0.4) is 0 Å². The highest BCUT2D eigenvalue weighted by atomic mass is 16.6. The fourth-order valence-corrected chi connectivity index (χ4v) is 3.68. The van der Waals surface area contributed by atoms with Gasteiger partial charge in [-0.25, -0.2) is 14.8 Å². The van der Waals surface area contributed by atoms with Gasteiger partial charge in [-0.05, 0) is 50.8 Å². The van der Waals surface area contributed by atoms with Crippen LogP contribution in [0.25, 0.3) is 5.57 Å². The number of carbonyl (C=O) groups excluding carboxylic acids is 1. The number of para-hydroxylation sites is 1. The number of aromatic nitrogens is 2. The monoisotopic (exact) mass is 438 g/mol. The Morgan fingerprint density at radius 1 is 1.22 bits per heavy atom. The Morgan fingerprint density at radius 2 is 2.06 bits per heavy atom. The molecule has 0 unspecified atom stereocenters. The molecule has 8 heteroatoms. The molecule has 3 heterocycles. The van der Waals surface area contributed by atoms with Gasteiger partial charge in [-0.2, -0.15) is 0 Å². The molecule has 4 rings (SSSR count). The first-order valence-electron chi connectivity index (χ1n) is 11.0. The Labute approximate surface area is 188 Å². The number of hydrogen-bond acceptors (Lipinski definition) is 7. The number of hydrogen-bond donors (Lipinski definition) is 1. The number of rotatable bonds is 5. The average Bonchev–Trinajstić information content (AvgIpc) is 2.78. The lowest BCUT2D eigenvalue weighted by Crippen LogP contribution is -2.39. The van der Waals surface area contributed by atoms with Gasteiger partial charge >= 0.3 is 6.09 Å². The molecule has 1 amide bonds. The molecule has 0 bridgehead atoms. The normalized spacial score (nSPS) is 15.7. The van der Waals surface area contributed by atoms with E-state index in [1.807, 2.05) is 45.0 Å². The topological polar surface area (TPSA) is 85.8 Å². The lowest BCUT2D eigenvalue weighted by atomic mass is 10.0. The molecule has 2 aromatic rings. The number of ether oxygens (including phenoxy) is 3. The highest BCUT2D eigenvalue weighted by Crippen LogP contribution is 2.33. The maximum absolute atomic E-state index is 12.3. The molecule has 0 radical (unpaired) electrons. The molecule has 8 nitrogen and oxygen atoms in total. The van der Waals surface area contributed by atoms with E-state index in [1.54, 1.807) is 11.2 Å². The number of nitrogens with one attached hydrogen (secondary N) is 1. The number of fused-ring (bicyclic) bond motifs is 1. The summed E-state index contributed by atoms with van der Waals surface area (Å²) >= 11 is 0. The minimum atomic E-state index is -0.494. The zero-order valence-electron chi connectivity index (χ0n) is 18.9. The van der Waals surface area contributed by atoms with E-state index in [1.165, 1.54) is 0 Å². The highest BCUT2D eigenvalue weighted by molar-refractivity contribution is 5.72. The summed E-state index contributed by atoms with van der Waals surface area (Å²) in [4.78, 5) is 22.7. The Kier molecular flexibility index (Phi) is 6.48. The van der Waals surface area contributed by atoms with Gasteiger partial charge in [-0.1, -0.05) is 18.2 Å². The van der Waals surface area contributed by atoms with Gasteiger partial charge in [0.2, 0.25) is 0 Å². The van der Waals surface area contributed by atoms with Crippen molar-refractivity contribution in [2.75, 3.05) is 38.2 Å². The van der Waals surface area contributed by atoms with Crippen LogP contribution in [0.1, 0.15) is 38.4 Å². The van der Waals surface area contributed by atoms with Crippen molar-refractivity contribution in [2.24, 2.45) is 0 Å². The van der Waals surface area contributed by atoms with Crippen LogP contribution in [0.4, 0.5) is 10.6 Å². The Morgan fingerprint density at radius 3 is 2.84 bits per heavy atom. The maximum atomic E-state index is 12.3. The van der Waals surface area contributed by atoms with Crippen LogP contribution in [-0.2, 0) is 11.2 Å². The number of amides is 1. The number of carbonyl (C=O) groups is 1. The summed E-state index contributed by atoms with van der Waals surface area (Å²) in [6.07, 6.45) is 4.84. The predicted molar refractivity (Wildman–Crippen MR) is 122 cm³/mol. The summed E-state index contributed by atoms with van der Waals surface area (Å²) in [6, 6.07) is 7.94. The summed E-state index contributed by atoms with van der Waals surface area (Å²) in [5.41, 5.74) is 2.60. The second kappa shape index (κ2) is 9.46. The molecule has 0 aliphatic carbocycles. The zero-order valence-corrected chi connectivity index (χ0v) is 18.9. The van der Waals surface area contributed by atoms with Crippen molar-refractivity contribution >= 4 is 17.5 Å². The molecule has 1 N–H and O–H groups in total. The summed E-state index contributed by atoms with van der Waals surface area (Å²) < 4.78 is 16.9. The molecule has 1 aromatic heterocycles. The van der Waals surface area contributed by atoms with E-state index in [0.29, 0.717) is 32.8 Å². The Bertz CT molecular complexity index is 1000. The Hall–Kier alpha value is -3.29. The van der Waals surface area contributed by atoms with Gasteiger partial charge < -0.3 is 24.4 Å². The zero-order chi connectivity index (χ0) is 22.6. The molecule has 0 saturated carbocycles.